The molecule has 3 rings (SSSR count). The first-order valence-corrected chi connectivity index (χ1v) is 11.1. The molecule has 1 amide bonds. The molecule has 0 aromatic heterocycles. The maximum atomic E-state index is 12.7. The van der Waals surface area contributed by atoms with Crippen molar-refractivity contribution in [3.63, 3.8) is 0 Å². The van der Waals surface area contributed by atoms with E-state index in [1.165, 1.54) is 40.7 Å². The molecule has 0 unspecified atom stereocenters. The number of rotatable bonds is 6. The topological polar surface area (TPSA) is 122 Å². The second-order valence-corrected chi connectivity index (χ2v) is 9.18. The standard InChI is InChI=1S/C19H19BrN2O7S/c20-13-4-5-17(23)16(10-13)19(25)29-12-18(24)21-14-2-1-3-15(11-14)30(26,27)22-6-8-28-9-7-22/h1-5,10-11,23H,6-9,12H2,(H,21,24). The molecule has 160 valence electrons. The Labute approximate surface area is 181 Å². The quantitative estimate of drug-likeness (QED) is 0.583. The Morgan fingerprint density at radius 1 is 1.17 bits per heavy atom. The molecule has 1 aliphatic rings. The van der Waals surface area contributed by atoms with Crippen LogP contribution in [0.5, 0.6) is 5.75 Å². The van der Waals surface area contributed by atoms with Crippen molar-refractivity contribution < 1.29 is 32.6 Å². The summed E-state index contributed by atoms with van der Waals surface area (Å²) in [6, 6.07) is 10.1. The number of phenols is 1. The highest BCUT2D eigenvalue weighted by molar-refractivity contribution is 9.10. The molecule has 0 atom stereocenters. The van der Waals surface area contributed by atoms with E-state index < -0.39 is 28.5 Å². The van der Waals surface area contributed by atoms with Gasteiger partial charge in [-0.25, -0.2) is 13.2 Å². The molecular weight excluding hydrogens is 480 g/mol. The second kappa shape index (κ2) is 9.56. The van der Waals surface area contributed by atoms with Crippen molar-refractivity contribution in [3.05, 3.63) is 52.5 Å². The van der Waals surface area contributed by atoms with Gasteiger partial charge in [-0.15, -0.1) is 0 Å². The Kier molecular flexibility index (Phi) is 7.08. The minimum atomic E-state index is -3.71. The van der Waals surface area contributed by atoms with Crippen LogP contribution in [0.25, 0.3) is 0 Å². The van der Waals surface area contributed by atoms with Gasteiger partial charge in [0.25, 0.3) is 5.91 Å². The first kappa shape index (κ1) is 22.2. The number of carbonyl (C=O) groups excluding carboxylic acids is 2. The molecule has 1 fully saturated rings. The molecule has 2 N–H and O–H groups in total. The highest BCUT2D eigenvalue weighted by atomic mass is 79.9. The van der Waals surface area contributed by atoms with Crippen LogP contribution in [-0.4, -0.2) is 62.6 Å². The van der Waals surface area contributed by atoms with E-state index in [0.29, 0.717) is 17.7 Å². The normalized spacial score (nSPS) is 14.8. The summed E-state index contributed by atoms with van der Waals surface area (Å²) in [7, 11) is -3.71. The summed E-state index contributed by atoms with van der Waals surface area (Å²) in [6.45, 7) is 0.572. The van der Waals surface area contributed by atoms with Crippen molar-refractivity contribution in [2.24, 2.45) is 0 Å². The molecule has 1 saturated heterocycles. The van der Waals surface area contributed by atoms with E-state index in [0.717, 1.165) is 0 Å². The van der Waals surface area contributed by atoms with Gasteiger partial charge >= 0.3 is 5.97 Å². The zero-order chi connectivity index (χ0) is 21.7. The first-order chi connectivity index (χ1) is 14.3. The Morgan fingerprint density at radius 2 is 1.90 bits per heavy atom. The average molecular weight is 499 g/mol. The number of phenolic OH excluding ortho intramolecular Hbond substituents is 1. The van der Waals surface area contributed by atoms with Crippen LogP contribution in [0.3, 0.4) is 0 Å². The Morgan fingerprint density at radius 3 is 2.63 bits per heavy atom. The maximum Gasteiger partial charge on any atom is 0.342 e. The molecule has 2 aromatic carbocycles. The van der Waals surface area contributed by atoms with Gasteiger partial charge in [-0.05, 0) is 36.4 Å². The minimum absolute atomic E-state index is 0.0400. The fraction of sp³-hybridized carbons (Fsp3) is 0.263. The average Bonchev–Trinajstić information content (AvgIpc) is 2.74. The summed E-state index contributed by atoms with van der Waals surface area (Å²) >= 11 is 3.18. The third-order valence-electron chi connectivity index (χ3n) is 4.24. The van der Waals surface area contributed by atoms with Crippen molar-refractivity contribution in [1.82, 2.24) is 4.31 Å². The van der Waals surface area contributed by atoms with Crippen LogP contribution in [0.15, 0.2) is 51.8 Å². The molecule has 2 aromatic rings. The van der Waals surface area contributed by atoms with E-state index in [4.69, 9.17) is 9.47 Å². The lowest BCUT2D eigenvalue weighted by Gasteiger charge is -2.26. The molecular formula is C19H19BrN2O7S. The van der Waals surface area contributed by atoms with E-state index in [-0.39, 0.29) is 35.0 Å². The number of hydrogen-bond donors (Lipinski definition) is 2. The largest absolute Gasteiger partial charge is 0.507 e. The van der Waals surface area contributed by atoms with Gasteiger partial charge < -0.3 is 19.9 Å². The van der Waals surface area contributed by atoms with Crippen molar-refractivity contribution >= 4 is 43.5 Å². The summed E-state index contributed by atoms with van der Waals surface area (Å²) in [5, 5.41) is 12.2. The first-order valence-electron chi connectivity index (χ1n) is 8.91. The summed E-state index contributed by atoms with van der Waals surface area (Å²) in [6.07, 6.45) is 0. The van der Waals surface area contributed by atoms with Gasteiger partial charge in [0.1, 0.15) is 11.3 Å². The zero-order valence-electron chi connectivity index (χ0n) is 15.7. The zero-order valence-corrected chi connectivity index (χ0v) is 18.1. The number of hydrogen-bond acceptors (Lipinski definition) is 7. The van der Waals surface area contributed by atoms with Crippen LogP contribution in [0.2, 0.25) is 0 Å². The maximum absolute atomic E-state index is 12.7. The molecule has 1 heterocycles. The Balaban J connectivity index is 1.62. The third kappa shape index (κ3) is 5.36. The summed E-state index contributed by atoms with van der Waals surface area (Å²) in [5.74, 6) is -1.80. The fourth-order valence-electron chi connectivity index (χ4n) is 2.75. The van der Waals surface area contributed by atoms with Crippen molar-refractivity contribution in [2.75, 3.05) is 38.2 Å². The van der Waals surface area contributed by atoms with Gasteiger partial charge in [0.15, 0.2) is 6.61 Å². The fourth-order valence-corrected chi connectivity index (χ4v) is 4.56. The molecule has 11 heteroatoms. The molecule has 1 aliphatic heterocycles. The number of morpholine rings is 1. The van der Waals surface area contributed by atoms with Crippen LogP contribution in [0.4, 0.5) is 5.69 Å². The lowest BCUT2D eigenvalue weighted by Crippen LogP contribution is -2.40. The molecule has 30 heavy (non-hydrogen) atoms. The number of carbonyl (C=O) groups is 2. The SMILES string of the molecule is O=C(COC(=O)c1cc(Br)ccc1O)Nc1cccc(S(=O)(=O)N2CCOCC2)c1. The number of halogens is 1. The second-order valence-electron chi connectivity index (χ2n) is 6.33. The van der Waals surface area contributed by atoms with Gasteiger partial charge in [-0.3, -0.25) is 4.79 Å². The number of amides is 1. The van der Waals surface area contributed by atoms with Gasteiger partial charge in [0, 0.05) is 23.2 Å². The molecule has 0 saturated carbocycles. The lowest BCUT2D eigenvalue weighted by molar-refractivity contribution is -0.119. The molecule has 0 bridgehead atoms. The summed E-state index contributed by atoms with van der Waals surface area (Å²) in [4.78, 5) is 24.2. The number of aromatic hydroxyl groups is 1. The Hall–Kier alpha value is -2.47. The number of sulfonamides is 1. The van der Waals surface area contributed by atoms with Crippen molar-refractivity contribution in [1.29, 1.82) is 0 Å². The number of benzene rings is 2. The molecule has 9 nitrogen and oxygen atoms in total. The lowest BCUT2D eigenvalue weighted by atomic mass is 10.2. The van der Waals surface area contributed by atoms with E-state index >= 15 is 0 Å². The number of anilines is 1. The Bertz CT molecular complexity index is 1050. The number of nitrogens with one attached hydrogen (secondary N) is 1. The monoisotopic (exact) mass is 498 g/mol. The van der Waals surface area contributed by atoms with Crippen LogP contribution in [-0.2, 0) is 24.3 Å². The van der Waals surface area contributed by atoms with Crippen LogP contribution in [0, 0.1) is 0 Å². The molecule has 0 aliphatic carbocycles. The van der Waals surface area contributed by atoms with Gasteiger partial charge in [0.2, 0.25) is 10.0 Å². The van der Waals surface area contributed by atoms with E-state index in [1.54, 1.807) is 6.07 Å². The minimum Gasteiger partial charge on any atom is -0.507 e. The van der Waals surface area contributed by atoms with Crippen molar-refractivity contribution in [2.45, 2.75) is 4.90 Å². The highest BCUT2D eigenvalue weighted by Crippen LogP contribution is 2.23. The van der Waals surface area contributed by atoms with Crippen LogP contribution < -0.4 is 5.32 Å². The smallest absolute Gasteiger partial charge is 0.342 e. The summed E-state index contributed by atoms with van der Waals surface area (Å²) in [5.41, 5.74) is 0.159. The van der Waals surface area contributed by atoms with Gasteiger partial charge in [0.05, 0.1) is 18.1 Å². The molecule has 0 radical (unpaired) electrons. The molecule has 0 spiro atoms. The van der Waals surface area contributed by atoms with E-state index in [9.17, 15) is 23.1 Å². The predicted molar refractivity (Wildman–Crippen MR) is 111 cm³/mol. The highest BCUT2D eigenvalue weighted by Gasteiger charge is 2.26. The van der Waals surface area contributed by atoms with Crippen LogP contribution >= 0.6 is 15.9 Å². The number of ether oxygens (including phenoxy) is 2. The number of nitrogens with zero attached hydrogens (tertiary/aromatic N) is 1. The third-order valence-corrected chi connectivity index (χ3v) is 6.63. The number of esters is 1. The van der Waals surface area contributed by atoms with Crippen LogP contribution in [0.1, 0.15) is 10.4 Å². The predicted octanol–water partition coefficient (Wildman–Crippen LogP) is 1.97. The van der Waals surface area contributed by atoms with E-state index in [1.807, 2.05) is 0 Å². The van der Waals surface area contributed by atoms with Gasteiger partial charge in [-0.1, -0.05) is 22.0 Å². The van der Waals surface area contributed by atoms with Crippen molar-refractivity contribution in [3.8, 4) is 5.75 Å². The summed E-state index contributed by atoms with van der Waals surface area (Å²) < 4.78 is 37.4. The van der Waals surface area contributed by atoms with E-state index in [2.05, 4.69) is 21.2 Å². The van der Waals surface area contributed by atoms with Gasteiger partial charge in [-0.2, -0.15) is 4.31 Å².